The maximum atomic E-state index is 11.8. The third-order valence-corrected chi connectivity index (χ3v) is 3.15. The van der Waals surface area contributed by atoms with Gasteiger partial charge in [0.25, 0.3) is 0 Å². The summed E-state index contributed by atoms with van der Waals surface area (Å²) < 4.78 is 6.43. The van der Waals surface area contributed by atoms with E-state index in [0.717, 1.165) is 4.57 Å². The van der Waals surface area contributed by atoms with Gasteiger partial charge in [0.15, 0.2) is 6.23 Å². The summed E-state index contributed by atoms with van der Waals surface area (Å²) in [6.45, 7) is 1.20. The Labute approximate surface area is 113 Å². The van der Waals surface area contributed by atoms with Crippen molar-refractivity contribution in [2.75, 3.05) is 12.3 Å². The van der Waals surface area contributed by atoms with Gasteiger partial charge in [-0.1, -0.05) is 5.11 Å². The van der Waals surface area contributed by atoms with Crippen LogP contribution in [0.5, 0.6) is 0 Å². The molecule has 20 heavy (non-hydrogen) atoms. The molecule has 4 N–H and O–H groups in total. The number of aryl methyl sites for hydroxylation is 1. The number of ether oxygens (including phenoxy) is 1. The van der Waals surface area contributed by atoms with Crippen molar-refractivity contribution in [3.63, 3.8) is 0 Å². The molecule has 0 aliphatic carbocycles. The van der Waals surface area contributed by atoms with Crippen molar-refractivity contribution >= 4 is 5.82 Å². The van der Waals surface area contributed by atoms with Gasteiger partial charge in [-0.2, -0.15) is 4.98 Å². The zero-order valence-corrected chi connectivity index (χ0v) is 10.6. The molecular formula is C10H14N6O4. The Morgan fingerprint density at radius 3 is 3.00 bits per heavy atom. The van der Waals surface area contributed by atoms with Gasteiger partial charge in [-0.05, 0) is 12.5 Å². The van der Waals surface area contributed by atoms with Crippen LogP contribution in [0.4, 0.5) is 5.82 Å². The van der Waals surface area contributed by atoms with E-state index in [1.54, 1.807) is 6.92 Å². The first-order valence-electron chi connectivity index (χ1n) is 5.83. The Morgan fingerprint density at radius 2 is 2.40 bits per heavy atom. The molecule has 0 unspecified atom stereocenters. The third-order valence-electron chi connectivity index (χ3n) is 3.15. The summed E-state index contributed by atoms with van der Waals surface area (Å²) in [5, 5.41) is 22.7. The van der Waals surface area contributed by atoms with Gasteiger partial charge in [0.1, 0.15) is 11.9 Å². The van der Waals surface area contributed by atoms with Crippen LogP contribution in [0.3, 0.4) is 0 Å². The van der Waals surface area contributed by atoms with E-state index >= 15 is 0 Å². The minimum Gasteiger partial charge on any atom is -0.394 e. The summed E-state index contributed by atoms with van der Waals surface area (Å²) >= 11 is 0. The van der Waals surface area contributed by atoms with Crippen LogP contribution in [-0.2, 0) is 4.74 Å². The topological polar surface area (TPSA) is 159 Å². The highest BCUT2D eigenvalue weighted by atomic mass is 16.5. The van der Waals surface area contributed by atoms with Gasteiger partial charge in [-0.3, -0.25) is 4.57 Å². The molecule has 0 bridgehead atoms. The van der Waals surface area contributed by atoms with E-state index in [2.05, 4.69) is 15.0 Å². The lowest BCUT2D eigenvalue weighted by Crippen LogP contribution is -2.35. The zero-order chi connectivity index (χ0) is 14.9. The van der Waals surface area contributed by atoms with Crippen LogP contribution in [0.25, 0.3) is 10.4 Å². The molecule has 0 saturated carbocycles. The molecule has 10 nitrogen and oxygen atoms in total. The second kappa shape index (κ2) is 5.47. The van der Waals surface area contributed by atoms with Gasteiger partial charge >= 0.3 is 5.69 Å². The van der Waals surface area contributed by atoms with Crippen molar-refractivity contribution in [2.24, 2.45) is 5.11 Å². The van der Waals surface area contributed by atoms with Gasteiger partial charge in [-0.15, -0.1) is 0 Å². The van der Waals surface area contributed by atoms with Crippen LogP contribution in [0.1, 0.15) is 11.8 Å². The maximum Gasteiger partial charge on any atom is 0.351 e. The quantitative estimate of drug-likeness (QED) is 0.368. The molecule has 0 amide bonds. The number of hydrogen-bond acceptors (Lipinski definition) is 7. The lowest BCUT2D eigenvalue weighted by molar-refractivity contribution is -0.0531. The number of azide groups is 1. The number of aromatic nitrogens is 2. The van der Waals surface area contributed by atoms with Crippen LogP contribution >= 0.6 is 0 Å². The Morgan fingerprint density at radius 1 is 1.70 bits per heavy atom. The molecule has 0 spiro atoms. The molecular weight excluding hydrogens is 268 g/mol. The molecule has 1 aromatic heterocycles. The normalized spacial score (nSPS) is 29.1. The molecule has 10 heteroatoms. The highest BCUT2D eigenvalue weighted by Crippen LogP contribution is 2.30. The number of rotatable bonds is 3. The molecule has 108 valence electrons. The third kappa shape index (κ3) is 2.32. The predicted octanol–water partition coefficient (Wildman–Crippen LogP) is -0.937. The summed E-state index contributed by atoms with van der Waals surface area (Å²) in [5.74, 6) is 0.0871. The van der Waals surface area contributed by atoms with Crippen molar-refractivity contribution in [3.05, 3.63) is 32.7 Å². The Bertz CT molecular complexity index is 610. The SMILES string of the molecule is Cc1cn([C@H]2O[C@@H](CO)[C@H](N=[N+]=[N-])[C@@H]2O)c(=O)nc1N. The standard InChI is InChI=1S/C10H14N6O4/c1-4-2-16(10(19)13-8(4)11)9-7(18)6(14-15-12)5(3-17)20-9/h2,5-7,9,17-18H,3H2,1H3,(H2,11,13,19)/t5-,6-,7-,9-/m0/s1. The molecule has 1 fully saturated rings. The number of anilines is 1. The van der Waals surface area contributed by atoms with Crippen LogP contribution < -0.4 is 11.4 Å². The molecule has 0 aromatic carbocycles. The lowest BCUT2D eigenvalue weighted by Gasteiger charge is -2.18. The van der Waals surface area contributed by atoms with Gasteiger partial charge in [0.05, 0.1) is 18.8 Å². The maximum absolute atomic E-state index is 11.8. The van der Waals surface area contributed by atoms with Crippen LogP contribution in [0, 0.1) is 6.92 Å². The summed E-state index contributed by atoms with van der Waals surface area (Å²) in [5.41, 5.74) is 13.8. The van der Waals surface area contributed by atoms with E-state index in [9.17, 15) is 15.0 Å². The zero-order valence-electron chi connectivity index (χ0n) is 10.6. The number of nitrogen functional groups attached to an aromatic ring is 1. The smallest absolute Gasteiger partial charge is 0.351 e. The number of aliphatic hydroxyl groups excluding tert-OH is 2. The van der Waals surface area contributed by atoms with Crippen molar-refractivity contribution < 1.29 is 14.9 Å². The molecule has 4 atom stereocenters. The van der Waals surface area contributed by atoms with Crippen LogP contribution in [0.2, 0.25) is 0 Å². The largest absolute Gasteiger partial charge is 0.394 e. The minimum atomic E-state index is -1.27. The average molecular weight is 282 g/mol. The van der Waals surface area contributed by atoms with Crippen molar-refractivity contribution in [1.82, 2.24) is 9.55 Å². The molecule has 1 aliphatic rings. The fourth-order valence-electron chi connectivity index (χ4n) is 2.07. The number of hydrogen-bond donors (Lipinski definition) is 3. The monoisotopic (exact) mass is 282 g/mol. The van der Waals surface area contributed by atoms with E-state index in [-0.39, 0.29) is 5.82 Å². The number of aliphatic hydroxyl groups is 2. The molecule has 1 aliphatic heterocycles. The van der Waals surface area contributed by atoms with Crippen LogP contribution in [0.15, 0.2) is 16.1 Å². The van der Waals surface area contributed by atoms with Crippen LogP contribution in [-0.4, -0.2) is 44.6 Å². The molecule has 0 radical (unpaired) electrons. The van der Waals surface area contributed by atoms with Crippen molar-refractivity contribution in [1.29, 1.82) is 0 Å². The summed E-state index contributed by atoms with van der Waals surface area (Å²) in [6, 6.07) is -0.986. The predicted molar refractivity (Wildman–Crippen MR) is 67.6 cm³/mol. The Hall–Kier alpha value is -2.13. The van der Waals surface area contributed by atoms with E-state index < -0.39 is 36.8 Å². The first-order valence-corrected chi connectivity index (χ1v) is 5.83. The molecule has 2 heterocycles. The minimum absolute atomic E-state index is 0.0871. The van der Waals surface area contributed by atoms with Gasteiger partial charge in [-0.25, -0.2) is 4.79 Å². The highest BCUT2D eigenvalue weighted by Gasteiger charge is 2.44. The summed E-state index contributed by atoms with van der Waals surface area (Å²) in [7, 11) is 0. The van der Waals surface area contributed by atoms with Crippen molar-refractivity contribution in [2.45, 2.75) is 31.4 Å². The van der Waals surface area contributed by atoms with Crippen molar-refractivity contribution in [3.8, 4) is 0 Å². The Kier molecular flexibility index (Phi) is 3.91. The summed E-state index contributed by atoms with van der Waals surface area (Å²) in [4.78, 5) is 18.0. The number of nitrogens with two attached hydrogens (primary N) is 1. The first kappa shape index (κ1) is 14.3. The first-order chi connectivity index (χ1) is 9.49. The van der Waals surface area contributed by atoms with E-state index in [1.807, 2.05) is 0 Å². The fourth-order valence-corrected chi connectivity index (χ4v) is 2.07. The van der Waals surface area contributed by atoms with Gasteiger partial charge < -0.3 is 20.7 Å². The van der Waals surface area contributed by atoms with Gasteiger partial charge in [0.2, 0.25) is 0 Å². The van der Waals surface area contributed by atoms with E-state index in [4.69, 9.17) is 16.0 Å². The second-order valence-corrected chi connectivity index (χ2v) is 4.43. The average Bonchev–Trinajstić information content (AvgIpc) is 2.72. The molecule has 1 aromatic rings. The molecule has 2 rings (SSSR count). The number of nitrogens with zero attached hydrogens (tertiary/aromatic N) is 5. The second-order valence-electron chi connectivity index (χ2n) is 4.43. The summed E-state index contributed by atoms with van der Waals surface area (Å²) in [6.07, 6.45) is -1.87. The fraction of sp³-hybridized carbons (Fsp3) is 0.600. The van der Waals surface area contributed by atoms with E-state index in [1.165, 1.54) is 6.20 Å². The van der Waals surface area contributed by atoms with E-state index in [0.29, 0.717) is 5.56 Å². The Balaban J connectivity index is 2.41. The highest BCUT2D eigenvalue weighted by molar-refractivity contribution is 5.35. The van der Waals surface area contributed by atoms with Gasteiger partial charge in [0, 0.05) is 16.7 Å². The molecule has 1 saturated heterocycles. The lowest BCUT2D eigenvalue weighted by atomic mass is 10.1.